The van der Waals surface area contributed by atoms with E-state index in [2.05, 4.69) is 79.9 Å². The van der Waals surface area contributed by atoms with Gasteiger partial charge >= 0.3 is 7.82 Å². The summed E-state index contributed by atoms with van der Waals surface area (Å²) in [6.07, 6.45) is 35.3. The maximum absolute atomic E-state index is 12.6. The molecule has 0 radical (unpaired) electrons. The van der Waals surface area contributed by atoms with E-state index in [1.165, 1.54) is 0 Å². The first-order valence-corrected chi connectivity index (χ1v) is 17.1. The first-order chi connectivity index (χ1) is 20.4. The SMILES string of the molecule is CC/C=C\C/C=C\C/C=C\CCCCCC(=O)NC(COP(=O)(O)OCCN)C(O)/C=C/CC/C=C/CC/C=C/CC. The van der Waals surface area contributed by atoms with Crippen LogP contribution >= 0.6 is 7.82 Å². The van der Waals surface area contributed by atoms with Crippen molar-refractivity contribution in [3.8, 4) is 0 Å². The number of nitrogens with one attached hydrogen (secondary N) is 1. The van der Waals surface area contributed by atoms with Gasteiger partial charge in [-0.1, -0.05) is 93.2 Å². The van der Waals surface area contributed by atoms with E-state index in [4.69, 9.17) is 14.8 Å². The van der Waals surface area contributed by atoms with Crippen LogP contribution in [0.2, 0.25) is 0 Å². The molecule has 0 aliphatic carbocycles. The minimum Gasteiger partial charge on any atom is -0.387 e. The average Bonchev–Trinajstić information content (AvgIpc) is 2.97. The Hall–Kier alpha value is -2.06. The van der Waals surface area contributed by atoms with Crippen LogP contribution in [0.15, 0.2) is 72.9 Å². The molecule has 8 nitrogen and oxygen atoms in total. The fraction of sp³-hybridized carbons (Fsp3) is 0.606. The molecule has 3 unspecified atom stereocenters. The van der Waals surface area contributed by atoms with Crippen molar-refractivity contribution in [1.29, 1.82) is 0 Å². The third kappa shape index (κ3) is 26.8. The lowest BCUT2D eigenvalue weighted by Crippen LogP contribution is -2.45. The molecule has 0 fully saturated rings. The highest BCUT2D eigenvalue weighted by atomic mass is 31.2. The summed E-state index contributed by atoms with van der Waals surface area (Å²) in [4.78, 5) is 22.4. The highest BCUT2D eigenvalue weighted by molar-refractivity contribution is 7.47. The molecule has 0 rings (SSSR count). The number of aliphatic hydroxyl groups is 1. The number of hydrogen-bond donors (Lipinski definition) is 4. The van der Waals surface area contributed by atoms with Crippen LogP contribution in [0.3, 0.4) is 0 Å². The lowest BCUT2D eigenvalue weighted by molar-refractivity contribution is -0.123. The number of carbonyl (C=O) groups excluding carboxylic acids is 1. The number of unbranched alkanes of at least 4 members (excludes halogenated alkanes) is 5. The van der Waals surface area contributed by atoms with Gasteiger partial charge in [0.2, 0.25) is 5.91 Å². The Balaban J connectivity index is 4.58. The summed E-state index contributed by atoms with van der Waals surface area (Å²) < 4.78 is 21.8. The number of allylic oxidation sites excluding steroid dienone is 11. The van der Waals surface area contributed by atoms with Gasteiger partial charge in [-0.2, -0.15) is 0 Å². The summed E-state index contributed by atoms with van der Waals surface area (Å²) in [5.74, 6) is -0.246. The van der Waals surface area contributed by atoms with E-state index in [0.29, 0.717) is 12.8 Å². The summed E-state index contributed by atoms with van der Waals surface area (Å²) in [7, 11) is -4.35. The summed E-state index contributed by atoms with van der Waals surface area (Å²) in [5.41, 5.74) is 5.32. The molecular formula is C33H57N2O6P. The maximum atomic E-state index is 12.6. The van der Waals surface area contributed by atoms with Crippen LogP contribution in [0, 0.1) is 0 Å². The molecule has 0 aromatic rings. The third-order valence-electron chi connectivity index (χ3n) is 6.01. The van der Waals surface area contributed by atoms with E-state index >= 15 is 0 Å². The molecule has 5 N–H and O–H groups in total. The van der Waals surface area contributed by atoms with Crippen molar-refractivity contribution in [2.45, 2.75) is 109 Å². The Kier molecular flexibility index (Phi) is 27.6. The predicted molar refractivity (Wildman–Crippen MR) is 175 cm³/mol. The lowest BCUT2D eigenvalue weighted by Gasteiger charge is -2.23. The van der Waals surface area contributed by atoms with Gasteiger partial charge in [-0.25, -0.2) is 4.57 Å². The number of phosphoric ester groups is 1. The van der Waals surface area contributed by atoms with Gasteiger partial charge in [0.25, 0.3) is 0 Å². The molecule has 1 amide bonds. The summed E-state index contributed by atoms with van der Waals surface area (Å²) in [6, 6.07) is -0.898. The zero-order valence-corrected chi connectivity index (χ0v) is 26.8. The van der Waals surface area contributed by atoms with Crippen LogP contribution in [-0.2, 0) is 18.4 Å². The fourth-order valence-electron chi connectivity index (χ4n) is 3.71. The highest BCUT2D eigenvalue weighted by Crippen LogP contribution is 2.43. The Bertz CT molecular complexity index is 882. The Labute approximate surface area is 255 Å². The van der Waals surface area contributed by atoms with Gasteiger partial charge < -0.3 is 21.1 Å². The predicted octanol–water partition coefficient (Wildman–Crippen LogP) is 7.37. The quantitative estimate of drug-likeness (QED) is 0.0435. The average molecular weight is 609 g/mol. The molecule has 0 saturated heterocycles. The van der Waals surface area contributed by atoms with Gasteiger partial charge in [-0.05, 0) is 70.6 Å². The van der Waals surface area contributed by atoms with Gasteiger partial charge in [0.05, 0.1) is 25.4 Å². The second kappa shape index (κ2) is 29.0. The summed E-state index contributed by atoms with van der Waals surface area (Å²) in [6.45, 7) is 3.78. The van der Waals surface area contributed by atoms with E-state index in [0.717, 1.165) is 70.6 Å². The number of nitrogens with two attached hydrogens (primary N) is 1. The van der Waals surface area contributed by atoms with Crippen molar-refractivity contribution < 1.29 is 28.4 Å². The molecule has 0 spiro atoms. The standard InChI is InChI=1S/C33H57N2O6P/c1-3-5-7-9-11-13-15-16-17-19-21-23-25-27-33(37)35-31(30-41-42(38,39)40-29-28-34)32(36)26-24-22-20-18-14-12-10-8-6-4-2/h5-8,11,13-14,16-18,24,26,31-32,36H,3-4,9-10,12,15,19-23,25,27-30,34H2,1-2H3,(H,35,37)(H,38,39)/b7-5-,8-6+,13-11-,17-16-,18-14+,26-24+. The van der Waals surface area contributed by atoms with Crippen molar-refractivity contribution >= 4 is 13.7 Å². The smallest absolute Gasteiger partial charge is 0.387 e. The number of phosphoric acid groups is 1. The molecule has 0 heterocycles. The largest absolute Gasteiger partial charge is 0.472 e. The van der Waals surface area contributed by atoms with Crippen molar-refractivity contribution in [2.24, 2.45) is 5.73 Å². The van der Waals surface area contributed by atoms with Crippen LogP contribution in [0.1, 0.15) is 97.3 Å². The van der Waals surface area contributed by atoms with Crippen molar-refractivity contribution in [1.82, 2.24) is 5.32 Å². The molecule has 0 saturated carbocycles. The topological polar surface area (TPSA) is 131 Å². The monoisotopic (exact) mass is 608 g/mol. The Morgan fingerprint density at radius 1 is 0.786 bits per heavy atom. The summed E-state index contributed by atoms with van der Waals surface area (Å²) >= 11 is 0. The first-order valence-electron chi connectivity index (χ1n) is 15.6. The first kappa shape index (κ1) is 39.9. The number of carbonyl (C=O) groups is 1. The van der Waals surface area contributed by atoms with Crippen LogP contribution < -0.4 is 11.1 Å². The van der Waals surface area contributed by atoms with E-state index in [-0.39, 0.29) is 25.7 Å². The lowest BCUT2D eigenvalue weighted by atomic mass is 10.1. The van der Waals surface area contributed by atoms with E-state index in [1.807, 2.05) is 6.08 Å². The zero-order chi connectivity index (χ0) is 31.2. The van der Waals surface area contributed by atoms with Gasteiger partial charge in [-0.3, -0.25) is 13.8 Å². The molecule has 42 heavy (non-hydrogen) atoms. The second-order valence-corrected chi connectivity index (χ2v) is 11.3. The molecule has 9 heteroatoms. The molecule has 3 atom stereocenters. The third-order valence-corrected chi connectivity index (χ3v) is 6.99. The van der Waals surface area contributed by atoms with Crippen molar-refractivity contribution in [3.63, 3.8) is 0 Å². The minimum atomic E-state index is -4.35. The van der Waals surface area contributed by atoms with E-state index in [9.17, 15) is 19.4 Å². The minimum absolute atomic E-state index is 0.0626. The molecular weight excluding hydrogens is 551 g/mol. The maximum Gasteiger partial charge on any atom is 0.472 e. The van der Waals surface area contributed by atoms with E-state index in [1.54, 1.807) is 6.08 Å². The van der Waals surface area contributed by atoms with E-state index < -0.39 is 20.0 Å². The van der Waals surface area contributed by atoms with Crippen LogP contribution in [-0.4, -0.2) is 47.8 Å². The van der Waals surface area contributed by atoms with Crippen LogP contribution in [0.25, 0.3) is 0 Å². The molecule has 0 aliphatic rings. The normalized spacial score (nSPS) is 15.6. The van der Waals surface area contributed by atoms with Gasteiger partial charge in [0.15, 0.2) is 0 Å². The highest BCUT2D eigenvalue weighted by Gasteiger charge is 2.26. The van der Waals surface area contributed by atoms with Crippen LogP contribution in [0.4, 0.5) is 0 Å². The molecule has 240 valence electrons. The number of aliphatic hydroxyl groups excluding tert-OH is 1. The van der Waals surface area contributed by atoms with Crippen molar-refractivity contribution in [2.75, 3.05) is 19.8 Å². The molecule has 0 aromatic carbocycles. The zero-order valence-electron chi connectivity index (χ0n) is 25.9. The summed E-state index contributed by atoms with van der Waals surface area (Å²) in [5, 5.41) is 13.4. The second-order valence-electron chi connectivity index (χ2n) is 9.88. The molecule has 0 aromatic heterocycles. The van der Waals surface area contributed by atoms with Gasteiger partial charge in [0.1, 0.15) is 0 Å². The molecule has 0 aliphatic heterocycles. The van der Waals surface area contributed by atoms with Crippen molar-refractivity contribution in [3.05, 3.63) is 72.9 Å². The van der Waals surface area contributed by atoms with Crippen LogP contribution in [0.5, 0.6) is 0 Å². The number of amides is 1. The fourth-order valence-corrected chi connectivity index (χ4v) is 4.47. The number of hydrogen-bond acceptors (Lipinski definition) is 6. The molecule has 0 bridgehead atoms. The van der Waals surface area contributed by atoms with Gasteiger partial charge in [-0.15, -0.1) is 0 Å². The Morgan fingerprint density at radius 2 is 1.33 bits per heavy atom. The Morgan fingerprint density at radius 3 is 1.98 bits per heavy atom. The van der Waals surface area contributed by atoms with Gasteiger partial charge in [0, 0.05) is 13.0 Å². The number of rotatable bonds is 27.